The molecule has 0 saturated heterocycles. The van der Waals surface area contributed by atoms with Gasteiger partial charge in [-0.2, -0.15) is 0 Å². The van der Waals surface area contributed by atoms with Gasteiger partial charge in [-0.3, -0.25) is 0 Å². The summed E-state index contributed by atoms with van der Waals surface area (Å²) in [5.41, 5.74) is 2.07. The fourth-order valence-electron chi connectivity index (χ4n) is 1.91. The van der Waals surface area contributed by atoms with Gasteiger partial charge in [0.2, 0.25) is 0 Å². The van der Waals surface area contributed by atoms with Crippen LogP contribution < -0.4 is 0 Å². The smallest absolute Gasteiger partial charge is 0.127 e. The van der Waals surface area contributed by atoms with E-state index in [0.717, 1.165) is 40.4 Å². The third-order valence-electron chi connectivity index (χ3n) is 2.69. The summed E-state index contributed by atoms with van der Waals surface area (Å²) in [5, 5.41) is 10.8. The summed E-state index contributed by atoms with van der Waals surface area (Å²) in [6, 6.07) is 1.90. The summed E-state index contributed by atoms with van der Waals surface area (Å²) in [4.78, 5) is 5.58. The molecule has 0 saturated carbocycles. The van der Waals surface area contributed by atoms with E-state index in [1.54, 1.807) is 23.9 Å². The molecule has 1 atom stereocenters. The van der Waals surface area contributed by atoms with Crippen molar-refractivity contribution in [2.45, 2.75) is 25.4 Å². The van der Waals surface area contributed by atoms with Gasteiger partial charge in [-0.05, 0) is 25.3 Å². The number of furan rings is 1. The summed E-state index contributed by atoms with van der Waals surface area (Å²) >= 11 is 1.58. The Morgan fingerprint density at radius 3 is 3.20 bits per heavy atom. The van der Waals surface area contributed by atoms with Crippen molar-refractivity contribution in [1.82, 2.24) is 4.98 Å². The Kier molecular flexibility index (Phi) is 2.11. The largest absolute Gasteiger partial charge is 0.472 e. The molecule has 0 aromatic carbocycles. The molecule has 4 heteroatoms. The third-order valence-corrected chi connectivity index (χ3v) is 3.94. The van der Waals surface area contributed by atoms with Crippen molar-refractivity contribution >= 4 is 11.3 Å². The maximum absolute atomic E-state index is 9.82. The van der Waals surface area contributed by atoms with Gasteiger partial charge in [-0.1, -0.05) is 0 Å². The number of aliphatic hydroxyl groups excluding tert-OH is 1. The Hall–Kier alpha value is -1.13. The van der Waals surface area contributed by atoms with E-state index in [9.17, 15) is 5.11 Å². The quantitative estimate of drug-likeness (QED) is 0.805. The number of rotatable bonds is 1. The molecule has 2 aromatic rings. The molecule has 1 unspecified atom stereocenters. The number of nitrogens with zero attached hydrogens (tertiary/aromatic N) is 1. The molecule has 15 heavy (non-hydrogen) atoms. The van der Waals surface area contributed by atoms with Gasteiger partial charge in [0.25, 0.3) is 0 Å². The van der Waals surface area contributed by atoms with E-state index in [1.165, 1.54) is 0 Å². The average Bonchev–Trinajstić information content (AvgIpc) is 2.86. The van der Waals surface area contributed by atoms with Crippen molar-refractivity contribution in [1.29, 1.82) is 0 Å². The molecule has 3 rings (SSSR count). The maximum atomic E-state index is 9.82. The number of aromatic nitrogens is 1. The molecule has 78 valence electrons. The number of aryl methyl sites for hydroxylation is 1. The topological polar surface area (TPSA) is 46.3 Å². The van der Waals surface area contributed by atoms with E-state index in [2.05, 4.69) is 4.98 Å². The summed E-state index contributed by atoms with van der Waals surface area (Å²) in [6.07, 6.45) is 5.90. The van der Waals surface area contributed by atoms with Crippen molar-refractivity contribution in [3.05, 3.63) is 29.2 Å². The first-order valence-electron chi connectivity index (χ1n) is 5.05. The first-order chi connectivity index (χ1) is 7.34. The Labute approximate surface area is 91.4 Å². The monoisotopic (exact) mass is 221 g/mol. The van der Waals surface area contributed by atoms with Crippen LogP contribution in [0, 0.1) is 0 Å². The van der Waals surface area contributed by atoms with Gasteiger partial charge in [-0.25, -0.2) is 4.98 Å². The van der Waals surface area contributed by atoms with Crippen LogP contribution >= 0.6 is 11.3 Å². The molecule has 2 heterocycles. The molecule has 0 spiro atoms. The molecule has 0 radical (unpaired) electrons. The van der Waals surface area contributed by atoms with Gasteiger partial charge in [0, 0.05) is 5.56 Å². The third kappa shape index (κ3) is 1.50. The second kappa shape index (κ2) is 3.47. The van der Waals surface area contributed by atoms with Gasteiger partial charge >= 0.3 is 0 Å². The maximum Gasteiger partial charge on any atom is 0.127 e. The minimum absolute atomic E-state index is 0.313. The second-order valence-corrected chi connectivity index (χ2v) is 4.78. The van der Waals surface area contributed by atoms with Gasteiger partial charge in [0.05, 0.1) is 22.9 Å². The van der Waals surface area contributed by atoms with Gasteiger partial charge in [0.1, 0.15) is 11.3 Å². The number of fused-ring (bicyclic) bond motifs is 1. The first-order valence-corrected chi connectivity index (χ1v) is 5.86. The predicted molar refractivity (Wildman–Crippen MR) is 57.7 cm³/mol. The molecule has 1 aliphatic rings. The van der Waals surface area contributed by atoms with Crippen LogP contribution in [-0.4, -0.2) is 10.1 Å². The van der Waals surface area contributed by atoms with Crippen LogP contribution in [-0.2, 0) is 6.42 Å². The Morgan fingerprint density at radius 2 is 2.47 bits per heavy atom. The lowest BCUT2D eigenvalue weighted by atomic mass is 10.0. The molecular formula is C11H11NO2S. The van der Waals surface area contributed by atoms with Crippen LogP contribution in [0.15, 0.2) is 23.0 Å². The summed E-state index contributed by atoms with van der Waals surface area (Å²) in [5.74, 6) is 0. The molecule has 0 fully saturated rings. The molecule has 1 N–H and O–H groups in total. The highest BCUT2D eigenvalue weighted by Crippen LogP contribution is 2.37. The SMILES string of the molecule is OC1CCCc2nc(-c3ccoc3)sc21. The van der Waals surface area contributed by atoms with Crippen LogP contribution in [0.4, 0.5) is 0 Å². The highest BCUT2D eigenvalue weighted by molar-refractivity contribution is 7.15. The van der Waals surface area contributed by atoms with Gasteiger partial charge < -0.3 is 9.52 Å². The van der Waals surface area contributed by atoms with E-state index in [1.807, 2.05) is 6.07 Å². The van der Waals surface area contributed by atoms with Crippen LogP contribution in [0.3, 0.4) is 0 Å². The number of hydrogen-bond donors (Lipinski definition) is 1. The van der Waals surface area contributed by atoms with Crippen LogP contribution in [0.25, 0.3) is 10.6 Å². The Balaban J connectivity index is 2.06. The summed E-state index contributed by atoms with van der Waals surface area (Å²) < 4.78 is 5.03. The zero-order chi connectivity index (χ0) is 10.3. The zero-order valence-corrected chi connectivity index (χ0v) is 8.96. The zero-order valence-electron chi connectivity index (χ0n) is 8.14. The summed E-state index contributed by atoms with van der Waals surface area (Å²) in [7, 11) is 0. The average molecular weight is 221 g/mol. The van der Waals surface area contributed by atoms with E-state index in [0.29, 0.717) is 0 Å². The van der Waals surface area contributed by atoms with Gasteiger partial charge in [0.15, 0.2) is 0 Å². The Morgan fingerprint density at radius 1 is 1.53 bits per heavy atom. The minimum atomic E-state index is -0.313. The fourth-order valence-corrected chi connectivity index (χ4v) is 3.02. The molecule has 1 aliphatic carbocycles. The van der Waals surface area contributed by atoms with Crippen molar-refractivity contribution < 1.29 is 9.52 Å². The van der Waals surface area contributed by atoms with E-state index in [-0.39, 0.29) is 6.10 Å². The molecular weight excluding hydrogens is 210 g/mol. The van der Waals surface area contributed by atoms with Crippen LogP contribution in [0.2, 0.25) is 0 Å². The van der Waals surface area contributed by atoms with Crippen molar-refractivity contribution in [3.63, 3.8) is 0 Å². The van der Waals surface area contributed by atoms with Crippen LogP contribution in [0.1, 0.15) is 29.5 Å². The number of hydrogen-bond acceptors (Lipinski definition) is 4. The van der Waals surface area contributed by atoms with Crippen molar-refractivity contribution in [3.8, 4) is 10.6 Å². The lowest BCUT2D eigenvalue weighted by Crippen LogP contribution is -2.06. The van der Waals surface area contributed by atoms with E-state index in [4.69, 9.17) is 4.42 Å². The molecule has 0 aliphatic heterocycles. The fraction of sp³-hybridized carbons (Fsp3) is 0.364. The minimum Gasteiger partial charge on any atom is -0.472 e. The van der Waals surface area contributed by atoms with E-state index < -0.39 is 0 Å². The molecule has 0 amide bonds. The highest BCUT2D eigenvalue weighted by atomic mass is 32.1. The highest BCUT2D eigenvalue weighted by Gasteiger charge is 2.23. The van der Waals surface area contributed by atoms with Crippen molar-refractivity contribution in [2.75, 3.05) is 0 Å². The van der Waals surface area contributed by atoms with E-state index >= 15 is 0 Å². The standard InChI is InChI=1S/C11H11NO2S/c13-9-3-1-2-8-10(9)15-11(12-8)7-4-5-14-6-7/h4-6,9,13H,1-3H2. The normalized spacial score (nSPS) is 20.2. The van der Waals surface area contributed by atoms with Crippen molar-refractivity contribution in [2.24, 2.45) is 0 Å². The predicted octanol–water partition coefficient (Wildman–Crippen LogP) is 2.77. The second-order valence-electron chi connectivity index (χ2n) is 3.75. The first kappa shape index (κ1) is 9.12. The lowest BCUT2D eigenvalue weighted by molar-refractivity contribution is 0.160. The summed E-state index contributed by atoms with van der Waals surface area (Å²) in [6.45, 7) is 0. The number of thiazole rings is 1. The Bertz CT molecular complexity index is 461. The van der Waals surface area contributed by atoms with Crippen LogP contribution in [0.5, 0.6) is 0 Å². The molecule has 3 nitrogen and oxygen atoms in total. The molecule has 0 bridgehead atoms. The number of aliphatic hydroxyl groups is 1. The van der Waals surface area contributed by atoms with Gasteiger partial charge in [-0.15, -0.1) is 11.3 Å². The lowest BCUT2D eigenvalue weighted by Gasteiger charge is -2.14. The molecule has 2 aromatic heterocycles.